The van der Waals surface area contributed by atoms with E-state index in [2.05, 4.69) is 10.3 Å². The fraction of sp³-hybridized carbons (Fsp3) is 0.353. The maximum atomic E-state index is 11.8. The van der Waals surface area contributed by atoms with Gasteiger partial charge in [-0.2, -0.15) is 0 Å². The molecule has 0 spiro atoms. The number of aromatic hydroxyl groups is 1. The van der Waals surface area contributed by atoms with Crippen LogP contribution in [0.1, 0.15) is 31.7 Å². The number of phenols is 1. The van der Waals surface area contributed by atoms with Gasteiger partial charge in [0.1, 0.15) is 5.75 Å². The van der Waals surface area contributed by atoms with Gasteiger partial charge in [-0.15, -0.1) is 11.3 Å². The number of nitrogens with zero attached hydrogens (tertiary/aromatic N) is 1. The molecule has 6 nitrogen and oxygen atoms in total. The molecule has 0 fully saturated rings. The predicted molar refractivity (Wildman–Crippen MR) is 93.1 cm³/mol. The van der Waals surface area contributed by atoms with Crippen molar-refractivity contribution in [2.45, 2.75) is 33.1 Å². The largest absolute Gasteiger partial charge is 0.507 e. The van der Waals surface area contributed by atoms with Gasteiger partial charge in [0.25, 0.3) is 5.91 Å². The summed E-state index contributed by atoms with van der Waals surface area (Å²) in [5, 5.41) is 14.7. The highest BCUT2D eigenvalue weighted by Crippen LogP contribution is 2.32. The Bertz CT molecular complexity index is 727. The Morgan fingerprint density at radius 1 is 1.38 bits per heavy atom. The molecular formula is C17H20N2O4S. The average Bonchev–Trinajstić information content (AvgIpc) is 2.99. The van der Waals surface area contributed by atoms with E-state index in [1.807, 2.05) is 19.9 Å². The van der Waals surface area contributed by atoms with Crippen LogP contribution in [-0.2, 0) is 14.3 Å². The maximum absolute atomic E-state index is 11.8. The van der Waals surface area contributed by atoms with Crippen molar-refractivity contribution in [2.24, 2.45) is 0 Å². The number of benzene rings is 1. The molecule has 0 bridgehead atoms. The second-order valence-electron chi connectivity index (χ2n) is 5.37. The summed E-state index contributed by atoms with van der Waals surface area (Å²) in [5.41, 5.74) is 2.13. The zero-order chi connectivity index (χ0) is 17.5. The highest BCUT2D eigenvalue weighted by molar-refractivity contribution is 7.14. The molecule has 1 aromatic heterocycles. The molecule has 0 saturated heterocycles. The number of phenolic OH excluding ortho intramolecular Hbond substituents is 1. The van der Waals surface area contributed by atoms with Gasteiger partial charge in [-0.1, -0.05) is 19.4 Å². The first kappa shape index (κ1) is 17.9. The van der Waals surface area contributed by atoms with Crippen LogP contribution in [0.15, 0.2) is 23.6 Å². The monoisotopic (exact) mass is 348 g/mol. The normalized spacial score (nSPS) is 10.4. The van der Waals surface area contributed by atoms with Crippen molar-refractivity contribution < 1.29 is 19.4 Å². The SMILES string of the molecule is CCCCC(=O)OCC(=O)Nc1nc(-c2ccc(C)cc2O)cs1. The molecule has 2 aromatic rings. The first-order valence-electron chi connectivity index (χ1n) is 7.70. The van der Waals surface area contributed by atoms with Crippen LogP contribution in [0.3, 0.4) is 0 Å². The molecule has 7 heteroatoms. The molecule has 2 N–H and O–H groups in total. The lowest BCUT2D eigenvalue weighted by Crippen LogP contribution is -2.20. The first-order chi connectivity index (χ1) is 11.5. The molecule has 1 aromatic carbocycles. The van der Waals surface area contributed by atoms with E-state index in [-0.39, 0.29) is 18.3 Å². The van der Waals surface area contributed by atoms with Gasteiger partial charge in [-0.3, -0.25) is 14.9 Å². The van der Waals surface area contributed by atoms with E-state index in [0.29, 0.717) is 22.8 Å². The van der Waals surface area contributed by atoms with Crippen LogP contribution in [0.4, 0.5) is 5.13 Å². The number of hydrogen-bond donors (Lipinski definition) is 2. The number of thiazole rings is 1. The number of unbranched alkanes of at least 4 members (excludes halogenated alkanes) is 1. The molecule has 1 heterocycles. The van der Waals surface area contributed by atoms with Gasteiger partial charge in [0.05, 0.1) is 5.69 Å². The molecule has 0 radical (unpaired) electrons. The molecule has 2 rings (SSSR count). The second kappa shape index (κ2) is 8.44. The van der Waals surface area contributed by atoms with Crippen LogP contribution in [0.25, 0.3) is 11.3 Å². The number of hydrogen-bond acceptors (Lipinski definition) is 6. The van der Waals surface area contributed by atoms with Gasteiger partial charge >= 0.3 is 5.97 Å². The van der Waals surface area contributed by atoms with Crippen molar-refractivity contribution in [1.29, 1.82) is 0 Å². The van der Waals surface area contributed by atoms with Crippen LogP contribution in [-0.4, -0.2) is 28.6 Å². The fourth-order valence-electron chi connectivity index (χ4n) is 2.01. The van der Waals surface area contributed by atoms with Crippen molar-refractivity contribution in [2.75, 3.05) is 11.9 Å². The summed E-state index contributed by atoms with van der Waals surface area (Å²) < 4.78 is 4.89. The average molecular weight is 348 g/mol. The molecule has 1 amide bonds. The Kier molecular flexibility index (Phi) is 6.31. The number of anilines is 1. The van der Waals surface area contributed by atoms with Crippen molar-refractivity contribution in [3.63, 3.8) is 0 Å². The molecule has 0 aliphatic carbocycles. The zero-order valence-corrected chi connectivity index (χ0v) is 14.5. The summed E-state index contributed by atoms with van der Waals surface area (Å²) in [5.74, 6) is -0.673. The minimum Gasteiger partial charge on any atom is -0.507 e. The van der Waals surface area contributed by atoms with E-state index in [1.165, 1.54) is 11.3 Å². The van der Waals surface area contributed by atoms with E-state index < -0.39 is 5.91 Å². The summed E-state index contributed by atoms with van der Waals surface area (Å²) >= 11 is 1.24. The molecule has 128 valence electrons. The van der Waals surface area contributed by atoms with E-state index >= 15 is 0 Å². The van der Waals surface area contributed by atoms with Crippen molar-refractivity contribution in [1.82, 2.24) is 4.98 Å². The number of aryl methyl sites for hydroxylation is 1. The standard InChI is InChI=1S/C17H20N2O4S/c1-3-4-5-16(22)23-9-15(21)19-17-18-13(10-24-17)12-7-6-11(2)8-14(12)20/h6-8,10,20H,3-5,9H2,1-2H3,(H,18,19,21). The predicted octanol–water partition coefficient (Wildman–Crippen LogP) is 3.50. The first-order valence-corrected chi connectivity index (χ1v) is 8.58. The lowest BCUT2D eigenvalue weighted by Gasteiger charge is -2.04. The molecule has 0 saturated carbocycles. The summed E-state index contributed by atoms with van der Waals surface area (Å²) in [7, 11) is 0. The third kappa shape index (κ3) is 5.06. The molecule has 0 aliphatic heterocycles. The van der Waals surface area contributed by atoms with Gasteiger partial charge in [-0.05, 0) is 31.0 Å². The topological polar surface area (TPSA) is 88.5 Å². The van der Waals surface area contributed by atoms with Gasteiger partial charge in [0.15, 0.2) is 11.7 Å². The fourth-order valence-corrected chi connectivity index (χ4v) is 2.73. The summed E-state index contributed by atoms with van der Waals surface area (Å²) in [4.78, 5) is 27.4. The number of ether oxygens (including phenoxy) is 1. The number of aromatic nitrogens is 1. The van der Waals surface area contributed by atoms with Crippen LogP contribution in [0.5, 0.6) is 5.75 Å². The highest BCUT2D eigenvalue weighted by atomic mass is 32.1. The Morgan fingerprint density at radius 3 is 2.88 bits per heavy atom. The second-order valence-corrected chi connectivity index (χ2v) is 6.23. The van der Waals surface area contributed by atoms with Gasteiger partial charge in [0, 0.05) is 17.4 Å². The summed E-state index contributed by atoms with van der Waals surface area (Å²) in [6.07, 6.45) is 1.96. The number of carbonyl (C=O) groups is 2. The number of carbonyl (C=O) groups excluding carboxylic acids is 2. The van der Waals surface area contributed by atoms with Crippen LogP contribution in [0.2, 0.25) is 0 Å². The van der Waals surface area contributed by atoms with Gasteiger partial charge in [-0.25, -0.2) is 4.98 Å². The molecule has 0 unspecified atom stereocenters. The third-order valence-electron chi connectivity index (χ3n) is 3.28. The van der Waals surface area contributed by atoms with Crippen molar-refractivity contribution >= 4 is 28.3 Å². The summed E-state index contributed by atoms with van der Waals surface area (Å²) in [6, 6.07) is 5.31. The quantitative estimate of drug-likeness (QED) is 0.748. The van der Waals surface area contributed by atoms with Crippen LogP contribution >= 0.6 is 11.3 Å². The molecule has 0 aliphatic rings. The van der Waals surface area contributed by atoms with Gasteiger partial charge < -0.3 is 9.84 Å². The Labute approximate surface area is 144 Å². The van der Waals surface area contributed by atoms with E-state index in [9.17, 15) is 14.7 Å². The maximum Gasteiger partial charge on any atom is 0.306 e. The molecule has 24 heavy (non-hydrogen) atoms. The highest BCUT2D eigenvalue weighted by Gasteiger charge is 2.12. The Hall–Kier alpha value is -2.41. The van der Waals surface area contributed by atoms with Crippen molar-refractivity contribution in [3.05, 3.63) is 29.1 Å². The lowest BCUT2D eigenvalue weighted by atomic mass is 10.1. The zero-order valence-electron chi connectivity index (χ0n) is 13.7. The summed E-state index contributed by atoms with van der Waals surface area (Å²) in [6.45, 7) is 3.54. The minimum absolute atomic E-state index is 0.142. The van der Waals surface area contributed by atoms with E-state index in [4.69, 9.17) is 4.74 Å². The number of nitrogens with one attached hydrogen (secondary N) is 1. The van der Waals surface area contributed by atoms with Gasteiger partial charge in [0.2, 0.25) is 0 Å². The smallest absolute Gasteiger partial charge is 0.306 e. The van der Waals surface area contributed by atoms with Crippen LogP contribution < -0.4 is 5.32 Å². The third-order valence-corrected chi connectivity index (χ3v) is 4.04. The minimum atomic E-state index is -0.436. The number of amides is 1. The number of rotatable bonds is 7. The lowest BCUT2D eigenvalue weighted by molar-refractivity contribution is -0.147. The molecule has 0 atom stereocenters. The van der Waals surface area contributed by atoms with E-state index in [1.54, 1.807) is 17.5 Å². The Balaban J connectivity index is 1.91. The Morgan fingerprint density at radius 2 is 2.17 bits per heavy atom. The van der Waals surface area contributed by atoms with E-state index in [0.717, 1.165) is 18.4 Å². The van der Waals surface area contributed by atoms with Crippen LogP contribution in [0, 0.1) is 6.92 Å². The van der Waals surface area contributed by atoms with Crippen molar-refractivity contribution in [3.8, 4) is 17.0 Å². The number of esters is 1. The molecular weight excluding hydrogens is 328 g/mol.